The first kappa shape index (κ1) is 18.4. The normalized spacial score (nSPS) is 13.7. The van der Waals surface area contributed by atoms with Crippen molar-refractivity contribution in [2.24, 2.45) is 15.9 Å². The van der Waals surface area contributed by atoms with Crippen molar-refractivity contribution in [3.05, 3.63) is 63.4 Å². The van der Waals surface area contributed by atoms with Crippen LogP contribution in [0, 0.1) is 17.5 Å². The second-order valence-corrected chi connectivity index (χ2v) is 6.32. The molecule has 0 aromatic heterocycles. The SMILES string of the molecule is NCCC1=Nc2c(F)c(F)cc(/C(Cc3ccc(F)c(Cl)c3)=N/O)c2C1. The summed E-state index contributed by atoms with van der Waals surface area (Å²) in [4.78, 5) is 4.13. The van der Waals surface area contributed by atoms with E-state index in [1.165, 1.54) is 18.2 Å². The van der Waals surface area contributed by atoms with Crippen LogP contribution in [-0.2, 0) is 12.8 Å². The Morgan fingerprint density at radius 2 is 2.00 bits per heavy atom. The highest BCUT2D eigenvalue weighted by Crippen LogP contribution is 2.35. The summed E-state index contributed by atoms with van der Waals surface area (Å²) >= 11 is 5.76. The summed E-state index contributed by atoms with van der Waals surface area (Å²) in [5.74, 6) is -2.71. The number of nitrogens with zero attached hydrogens (tertiary/aromatic N) is 2. The average molecular weight is 382 g/mol. The number of hydrogen-bond donors (Lipinski definition) is 2. The largest absolute Gasteiger partial charge is 0.411 e. The summed E-state index contributed by atoms with van der Waals surface area (Å²) in [5, 5.41) is 12.6. The molecule has 0 aliphatic carbocycles. The van der Waals surface area contributed by atoms with E-state index in [0.717, 1.165) is 6.07 Å². The van der Waals surface area contributed by atoms with Crippen LogP contribution in [0.5, 0.6) is 0 Å². The highest BCUT2D eigenvalue weighted by atomic mass is 35.5. The van der Waals surface area contributed by atoms with E-state index in [1.807, 2.05) is 0 Å². The van der Waals surface area contributed by atoms with Gasteiger partial charge in [0.2, 0.25) is 0 Å². The van der Waals surface area contributed by atoms with Gasteiger partial charge < -0.3 is 10.9 Å². The Morgan fingerprint density at radius 3 is 2.65 bits per heavy atom. The molecule has 3 N–H and O–H groups in total. The van der Waals surface area contributed by atoms with Gasteiger partial charge >= 0.3 is 0 Å². The molecule has 1 aliphatic heterocycles. The zero-order valence-corrected chi connectivity index (χ0v) is 14.3. The minimum atomic E-state index is -1.09. The number of rotatable bonds is 5. The molecule has 0 saturated heterocycles. The van der Waals surface area contributed by atoms with E-state index in [-0.39, 0.29) is 28.4 Å². The summed E-state index contributed by atoms with van der Waals surface area (Å²) < 4.78 is 41.4. The van der Waals surface area contributed by atoms with Crippen molar-refractivity contribution in [2.45, 2.75) is 19.3 Å². The van der Waals surface area contributed by atoms with Gasteiger partial charge in [-0.25, -0.2) is 13.2 Å². The topological polar surface area (TPSA) is 71.0 Å². The van der Waals surface area contributed by atoms with E-state index in [9.17, 15) is 18.4 Å². The molecular formula is C18H15ClF3N3O. The van der Waals surface area contributed by atoms with Crippen LogP contribution in [0.1, 0.15) is 23.1 Å². The summed E-state index contributed by atoms with van der Waals surface area (Å²) in [6.45, 7) is 0.335. The number of oxime groups is 1. The molecule has 0 radical (unpaired) electrons. The molecule has 2 aromatic carbocycles. The molecule has 0 spiro atoms. The molecule has 0 atom stereocenters. The smallest absolute Gasteiger partial charge is 0.184 e. The van der Waals surface area contributed by atoms with Crippen molar-refractivity contribution >= 4 is 28.7 Å². The Balaban J connectivity index is 2.00. The van der Waals surface area contributed by atoms with Crippen molar-refractivity contribution in [3.8, 4) is 0 Å². The van der Waals surface area contributed by atoms with Crippen LogP contribution < -0.4 is 5.73 Å². The second-order valence-electron chi connectivity index (χ2n) is 5.91. The molecule has 0 bridgehead atoms. The van der Waals surface area contributed by atoms with E-state index in [4.69, 9.17) is 17.3 Å². The van der Waals surface area contributed by atoms with Crippen molar-refractivity contribution in [3.63, 3.8) is 0 Å². The van der Waals surface area contributed by atoms with Crippen LogP contribution in [0.3, 0.4) is 0 Å². The predicted octanol–water partition coefficient (Wildman–Crippen LogP) is 4.16. The zero-order valence-electron chi connectivity index (χ0n) is 13.6. The molecule has 0 amide bonds. The molecule has 4 nitrogen and oxygen atoms in total. The van der Waals surface area contributed by atoms with Gasteiger partial charge in [0.05, 0.1) is 10.7 Å². The standard InChI is InChI=1S/C18H15ClF3N3O/c19-13-5-9(1-2-14(13)20)6-16(25-26)11-8-15(21)17(22)18-12(11)7-10(24-18)3-4-23/h1-2,5,8,26H,3-4,6-7,23H2/b25-16+. The average Bonchev–Trinajstić information content (AvgIpc) is 3.04. The molecule has 26 heavy (non-hydrogen) atoms. The van der Waals surface area contributed by atoms with Crippen LogP contribution in [0.15, 0.2) is 34.4 Å². The zero-order chi connectivity index (χ0) is 18.8. The first-order chi connectivity index (χ1) is 12.4. The number of halogens is 4. The first-order valence-electron chi connectivity index (χ1n) is 7.87. The van der Waals surface area contributed by atoms with Gasteiger partial charge in [0.25, 0.3) is 0 Å². The maximum Gasteiger partial charge on any atom is 0.184 e. The Kier molecular flexibility index (Phi) is 5.29. The Bertz CT molecular complexity index is 928. The molecule has 3 rings (SSSR count). The number of hydrogen-bond acceptors (Lipinski definition) is 4. The van der Waals surface area contributed by atoms with E-state index in [1.54, 1.807) is 0 Å². The van der Waals surface area contributed by atoms with Crippen molar-refractivity contribution in [1.29, 1.82) is 0 Å². The predicted molar refractivity (Wildman–Crippen MR) is 94.3 cm³/mol. The molecule has 2 aromatic rings. The van der Waals surface area contributed by atoms with Gasteiger partial charge in [0, 0.05) is 24.1 Å². The maximum atomic E-state index is 14.1. The van der Waals surface area contributed by atoms with Gasteiger partial charge in [-0.3, -0.25) is 4.99 Å². The Morgan fingerprint density at radius 1 is 1.23 bits per heavy atom. The van der Waals surface area contributed by atoms with Gasteiger partial charge in [-0.1, -0.05) is 22.8 Å². The second kappa shape index (κ2) is 7.47. The van der Waals surface area contributed by atoms with E-state index < -0.39 is 17.5 Å². The highest BCUT2D eigenvalue weighted by molar-refractivity contribution is 6.30. The fourth-order valence-electron chi connectivity index (χ4n) is 2.94. The van der Waals surface area contributed by atoms with Crippen molar-refractivity contribution in [2.75, 3.05) is 6.54 Å². The van der Waals surface area contributed by atoms with Crippen LogP contribution in [0.2, 0.25) is 5.02 Å². The molecule has 1 aliphatic rings. The van der Waals surface area contributed by atoms with Crippen LogP contribution in [0.4, 0.5) is 18.9 Å². The maximum absolute atomic E-state index is 14.1. The summed E-state index contributed by atoms with van der Waals surface area (Å²) in [6.07, 6.45) is 0.802. The lowest BCUT2D eigenvalue weighted by atomic mass is 9.94. The fourth-order valence-corrected chi connectivity index (χ4v) is 3.15. The third kappa shape index (κ3) is 3.45. The highest BCUT2D eigenvalue weighted by Gasteiger charge is 2.26. The molecule has 1 heterocycles. The van der Waals surface area contributed by atoms with Gasteiger partial charge in [0.15, 0.2) is 11.6 Å². The number of nitrogens with two attached hydrogens (primary N) is 1. The first-order valence-corrected chi connectivity index (χ1v) is 8.25. The van der Waals surface area contributed by atoms with Crippen LogP contribution >= 0.6 is 11.6 Å². The van der Waals surface area contributed by atoms with Crippen LogP contribution in [0.25, 0.3) is 0 Å². The van der Waals surface area contributed by atoms with Gasteiger partial charge in [-0.2, -0.15) is 0 Å². The molecule has 0 saturated carbocycles. The quantitative estimate of drug-likeness (QED) is 0.464. The summed E-state index contributed by atoms with van der Waals surface area (Å²) in [5.41, 5.74) is 7.40. The Hall–Kier alpha value is -2.38. The third-order valence-corrected chi connectivity index (χ3v) is 4.46. The molecule has 0 unspecified atom stereocenters. The lowest BCUT2D eigenvalue weighted by Crippen LogP contribution is -2.12. The van der Waals surface area contributed by atoms with Crippen molar-refractivity contribution in [1.82, 2.24) is 0 Å². The van der Waals surface area contributed by atoms with Crippen LogP contribution in [-0.4, -0.2) is 23.2 Å². The number of fused-ring (bicyclic) bond motifs is 1. The lowest BCUT2D eigenvalue weighted by molar-refractivity contribution is 0.318. The summed E-state index contributed by atoms with van der Waals surface area (Å²) in [7, 11) is 0. The molecular weight excluding hydrogens is 367 g/mol. The number of benzene rings is 2. The molecule has 0 fully saturated rings. The lowest BCUT2D eigenvalue weighted by Gasteiger charge is -2.11. The van der Waals surface area contributed by atoms with E-state index >= 15 is 0 Å². The van der Waals surface area contributed by atoms with Gasteiger partial charge in [-0.05, 0) is 42.3 Å². The minimum Gasteiger partial charge on any atom is -0.411 e. The molecule has 136 valence electrons. The van der Waals surface area contributed by atoms with Gasteiger partial charge in [-0.15, -0.1) is 0 Å². The van der Waals surface area contributed by atoms with E-state index in [0.29, 0.717) is 36.2 Å². The Labute approximate surface area is 152 Å². The molecule has 8 heteroatoms. The third-order valence-electron chi connectivity index (χ3n) is 4.17. The summed E-state index contributed by atoms with van der Waals surface area (Å²) in [6, 6.07) is 5.03. The fraction of sp³-hybridized carbons (Fsp3) is 0.222. The number of aliphatic imine (C=N–C) groups is 1. The van der Waals surface area contributed by atoms with Gasteiger partial charge in [0.1, 0.15) is 11.5 Å². The van der Waals surface area contributed by atoms with E-state index in [2.05, 4.69) is 10.1 Å². The minimum absolute atomic E-state index is 0.0558. The monoisotopic (exact) mass is 381 g/mol. The van der Waals surface area contributed by atoms with Crippen molar-refractivity contribution < 1.29 is 18.4 Å².